The van der Waals surface area contributed by atoms with Crippen LogP contribution < -0.4 is 10.6 Å². The van der Waals surface area contributed by atoms with Gasteiger partial charge < -0.3 is 15.1 Å². The predicted octanol–water partition coefficient (Wildman–Crippen LogP) is 5.79. The van der Waals surface area contributed by atoms with Crippen LogP contribution in [-0.2, 0) is 0 Å². The fourth-order valence-electron chi connectivity index (χ4n) is 3.30. The summed E-state index contributed by atoms with van der Waals surface area (Å²) >= 11 is 1.36. The van der Waals surface area contributed by atoms with E-state index in [9.17, 15) is 9.59 Å². The number of benzene rings is 2. The molecule has 2 heterocycles. The Morgan fingerprint density at radius 3 is 2.19 bits per heavy atom. The van der Waals surface area contributed by atoms with Crippen LogP contribution in [0.15, 0.2) is 76.5 Å². The zero-order chi connectivity index (χ0) is 21.2. The number of thiophene rings is 1. The first-order valence-electron chi connectivity index (χ1n) is 10.0. The van der Waals surface area contributed by atoms with Gasteiger partial charge in [-0.3, -0.25) is 9.59 Å². The van der Waals surface area contributed by atoms with Crippen LogP contribution in [0.4, 0.5) is 11.4 Å². The second-order valence-electron chi connectivity index (χ2n) is 7.30. The molecule has 0 radical (unpaired) electrons. The summed E-state index contributed by atoms with van der Waals surface area (Å²) in [5, 5.41) is 7.60. The monoisotopic (exact) mass is 429 g/mol. The molecule has 7 heteroatoms. The van der Waals surface area contributed by atoms with Gasteiger partial charge in [-0.2, -0.15) is 0 Å². The minimum absolute atomic E-state index is 0.219. The molecule has 2 N–H and O–H groups in total. The third-order valence-corrected chi connectivity index (χ3v) is 5.87. The number of rotatable bonds is 6. The molecule has 0 saturated heterocycles. The summed E-state index contributed by atoms with van der Waals surface area (Å²) in [6, 6.07) is 20.2. The average Bonchev–Trinajstić information content (AvgIpc) is 3.30. The van der Waals surface area contributed by atoms with Crippen molar-refractivity contribution in [1.82, 2.24) is 4.98 Å². The third-order valence-electron chi connectivity index (χ3n) is 5.01. The Morgan fingerprint density at radius 2 is 1.55 bits per heavy atom. The zero-order valence-corrected chi connectivity index (χ0v) is 17.3. The van der Waals surface area contributed by atoms with Crippen LogP contribution in [0.25, 0.3) is 11.5 Å². The lowest BCUT2D eigenvalue weighted by atomic mass is 10.2. The standard InChI is InChI=1S/C24H19N3O3S/c28-22(19-11-6-14-31-19)25-17-9-4-5-10-18(17)26-23(29)20-21(15-12-13-15)30-24(27-20)16-7-2-1-3-8-16/h1-11,14-15H,12-13H2,(H,25,28)(H,26,29). The highest BCUT2D eigenvalue weighted by Gasteiger charge is 2.34. The van der Waals surface area contributed by atoms with Gasteiger partial charge in [-0.05, 0) is 48.6 Å². The van der Waals surface area contributed by atoms with Gasteiger partial charge in [0.2, 0.25) is 5.89 Å². The van der Waals surface area contributed by atoms with Crippen LogP contribution >= 0.6 is 11.3 Å². The number of anilines is 2. The number of aromatic nitrogens is 1. The normalized spacial score (nSPS) is 13.0. The first kappa shape index (κ1) is 19.3. The van der Waals surface area contributed by atoms with Gasteiger partial charge in [0.1, 0.15) is 5.76 Å². The maximum absolute atomic E-state index is 13.1. The van der Waals surface area contributed by atoms with E-state index >= 15 is 0 Å². The van der Waals surface area contributed by atoms with E-state index in [2.05, 4.69) is 15.6 Å². The number of carbonyl (C=O) groups excluding carboxylic acids is 2. The topological polar surface area (TPSA) is 84.2 Å². The first-order valence-corrected chi connectivity index (χ1v) is 10.9. The van der Waals surface area contributed by atoms with Gasteiger partial charge in [0.25, 0.3) is 11.8 Å². The van der Waals surface area contributed by atoms with Crippen molar-refractivity contribution in [1.29, 1.82) is 0 Å². The highest BCUT2D eigenvalue weighted by Crippen LogP contribution is 2.43. The zero-order valence-electron chi connectivity index (χ0n) is 16.5. The van der Waals surface area contributed by atoms with Gasteiger partial charge in [0.15, 0.2) is 5.69 Å². The van der Waals surface area contributed by atoms with E-state index in [0.29, 0.717) is 33.6 Å². The highest BCUT2D eigenvalue weighted by molar-refractivity contribution is 7.12. The van der Waals surface area contributed by atoms with Crippen LogP contribution in [0.2, 0.25) is 0 Å². The SMILES string of the molecule is O=C(Nc1ccccc1NC(=O)c1nc(-c2ccccc2)oc1C1CC1)c1cccs1. The van der Waals surface area contributed by atoms with Crippen molar-refractivity contribution in [2.45, 2.75) is 18.8 Å². The molecule has 1 aliphatic carbocycles. The Balaban J connectivity index is 1.41. The maximum atomic E-state index is 13.1. The van der Waals surface area contributed by atoms with Gasteiger partial charge in [0.05, 0.1) is 16.3 Å². The molecule has 6 nitrogen and oxygen atoms in total. The lowest BCUT2D eigenvalue weighted by Crippen LogP contribution is -2.17. The van der Waals surface area contributed by atoms with Gasteiger partial charge in [-0.1, -0.05) is 36.4 Å². The second kappa shape index (κ2) is 8.20. The molecular weight excluding hydrogens is 410 g/mol. The highest BCUT2D eigenvalue weighted by atomic mass is 32.1. The first-order chi connectivity index (χ1) is 15.2. The number of amides is 2. The molecule has 1 fully saturated rings. The van der Waals surface area contributed by atoms with Crippen LogP contribution in [0.1, 0.15) is 44.7 Å². The number of hydrogen-bond acceptors (Lipinski definition) is 5. The molecule has 1 aliphatic rings. The van der Waals surface area contributed by atoms with Crippen LogP contribution in [0.3, 0.4) is 0 Å². The summed E-state index contributed by atoms with van der Waals surface area (Å²) in [7, 11) is 0. The molecule has 154 valence electrons. The molecule has 2 aromatic carbocycles. The summed E-state index contributed by atoms with van der Waals surface area (Å²) in [6.45, 7) is 0. The van der Waals surface area contributed by atoms with Crippen molar-refractivity contribution >= 4 is 34.5 Å². The van der Waals surface area contributed by atoms with Gasteiger partial charge in [-0.15, -0.1) is 11.3 Å². The van der Waals surface area contributed by atoms with E-state index in [1.165, 1.54) is 11.3 Å². The minimum Gasteiger partial charge on any atom is -0.440 e. The second-order valence-corrected chi connectivity index (χ2v) is 8.25. The molecule has 1 saturated carbocycles. The molecule has 5 rings (SSSR count). The Hall–Kier alpha value is -3.71. The molecule has 31 heavy (non-hydrogen) atoms. The Morgan fingerprint density at radius 1 is 0.871 bits per heavy atom. The molecule has 2 aromatic heterocycles. The number of nitrogens with zero attached hydrogens (tertiary/aromatic N) is 1. The van der Waals surface area contributed by atoms with E-state index in [4.69, 9.17) is 4.42 Å². The maximum Gasteiger partial charge on any atom is 0.278 e. The van der Waals surface area contributed by atoms with Crippen molar-refractivity contribution in [3.63, 3.8) is 0 Å². The number of oxazole rings is 1. The number of nitrogens with one attached hydrogen (secondary N) is 2. The average molecular weight is 430 g/mol. The van der Waals surface area contributed by atoms with Crippen molar-refractivity contribution in [3.8, 4) is 11.5 Å². The van der Waals surface area contributed by atoms with Crippen LogP contribution in [0, 0.1) is 0 Å². The van der Waals surface area contributed by atoms with Gasteiger partial charge in [0, 0.05) is 11.5 Å². The number of carbonyl (C=O) groups is 2. The molecular formula is C24H19N3O3S. The fraction of sp³-hybridized carbons (Fsp3) is 0.125. The van der Waals surface area contributed by atoms with E-state index in [1.807, 2.05) is 41.8 Å². The molecule has 0 bridgehead atoms. The summed E-state index contributed by atoms with van der Waals surface area (Å²) in [6.07, 6.45) is 1.97. The molecule has 2 amide bonds. The van der Waals surface area contributed by atoms with Crippen LogP contribution in [-0.4, -0.2) is 16.8 Å². The summed E-state index contributed by atoms with van der Waals surface area (Å²) < 4.78 is 5.99. The Labute approximate surface area is 182 Å². The summed E-state index contributed by atoms with van der Waals surface area (Å²) in [5.74, 6) is 0.705. The van der Waals surface area contributed by atoms with Crippen molar-refractivity contribution in [2.24, 2.45) is 0 Å². The van der Waals surface area contributed by atoms with Crippen molar-refractivity contribution in [2.75, 3.05) is 10.6 Å². The molecule has 0 spiro atoms. The quantitative estimate of drug-likeness (QED) is 0.407. The van der Waals surface area contributed by atoms with Gasteiger partial charge in [-0.25, -0.2) is 4.98 Å². The lowest BCUT2D eigenvalue weighted by molar-refractivity contribution is 0.101. The predicted molar refractivity (Wildman–Crippen MR) is 121 cm³/mol. The fourth-order valence-corrected chi connectivity index (χ4v) is 3.91. The molecule has 0 atom stereocenters. The lowest BCUT2D eigenvalue weighted by Gasteiger charge is -2.11. The molecule has 0 unspecified atom stereocenters. The van der Waals surface area contributed by atoms with Crippen molar-refractivity contribution in [3.05, 3.63) is 88.4 Å². The van der Waals surface area contributed by atoms with E-state index < -0.39 is 0 Å². The largest absolute Gasteiger partial charge is 0.440 e. The van der Waals surface area contributed by atoms with E-state index in [1.54, 1.807) is 30.3 Å². The third kappa shape index (κ3) is 4.13. The minimum atomic E-state index is -0.356. The van der Waals surface area contributed by atoms with E-state index in [-0.39, 0.29) is 17.7 Å². The van der Waals surface area contributed by atoms with Crippen LogP contribution in [0.5, 0.6) is 0 Å². The number of para-hydroxylation sites is 2. The number of hydrogen-bond donors (Lipinski definition) is 2. The van der Waals surface area contributed by atoms with E-state index in [0.717, 1.165) is 18.4 Å². The molecule has 4 aromatic rings. The van der Waals surface area contributed by atoms with Gasteiger partial charge >= 0.3 is 0 Å². The summed E-state index contributed by atoms with van der Waals surface area (Å²) in [5.41, 5.74) is 2.14. The molecule has 0 aliphatic heterocycles. The smallest absolute Gasteiger partial charge is 0.278 e. The Bertz CT molecular complexity index is 1230. The summed E-state index contributed by atoms with van der Waals surface area (Å²) in [4.78, 5) is 30.7. The Kier molecular flexibility index (Phi) is 5.09. The van der Waals surface area contributed by atoms with Crippen molar-refractivity contribution < 1.29 is 14.0 Å².